The summed E-state index contributed by atoms with van der Waals surface area (Å²) in [5, 5.41) is 0. The Kier molecular flexibility index (Phi) is 6.14. The van der Waals surface area contributed by atoms with Gasteiger partial charge in [0.2, 0.25) is 5.91 Å². The first-order valence-electron chi connectivity index (χ1n) is 10.8. The van der Waals surface area contributed by atoms with Crippen LogP contribution in [-0.2, 0) is 16.0 Å². The molecule has 2 saturated heterocycles. The van der Waals surface area contributed by atoms with E-state index in [0.717, 1.165) is 50.5 Å². The van der Waals surface area contributed by atoms with E-state index >= 15 is 0 Å². The third-order valence-corrected chi connectivity index (χ3v) is 5.94. The number of morpholine rings is 1. The largest absolute Gasteiger partial charge is 0.378 e. The molecule has 5 nitrogen and oxygen atoms in total. The SMILES string of the molecule is Cc1ccc(-c2c(C)cc(CC(=O)N3CCCCC3)nc2N2CCOCC2)cc1. The number of hydrogen-bond donors (Lipinski definition) is 0. The molecule has 2 aliphatic rings. The van der Waals surface area contributed by atoms with Crippen LogP contribution in [0.15, 0.2) is 30.3 Å². The van der Waals surface area contributed by atoms with Gasteiger partial charge in [0.15, 0.2) is 0 Å². The van der Waals surface area contributed by atoms with Crippen LogP contribution >= 0.6 is 0 Å². The lowest BCUT2D eigenvalue weighted by Gasteiger charge is -2.31. The molecule has 1 aromatic carbocycles. The number of benzene rings is 1. The molecule has 154 valence electrons. The summed E-state index contributed by atoms with van der Waals surface area (Å²) in [7, 11) is 0. The van der Waals surface area contributed by atoms with Crippen LogP contribution in [0.1, 0.15) is 36.1 Å². The number of pyridine rings is 1. The summed E-state index contributed by atoms with van der Waals surface area (Å²) >= 11 is 0. The van der Waals surface area contributed by atoms with Crippen LogP contribution in [-0.4, -0.2) is 55.2 Å². The van der Waals surface area contributed by atoms with Crippen molar-refractivity contribution in [2.45, 2.75) is 39.5 Å². The molecule has 1 aromatic heterocycles. The van der Waals surface area contributed by atoms with E-state index in [2.05, 4.69) is 49.1 Å². The van der Waals surface area contributed by atoms with E-state index in [1.807, 2.05) is 4.90 Å². The maximum absolute atomic E-state index is 12.8. The molecule has 0 aliphatic carbocycles. The topological polar surface area (TPSA) is 45.7 Å². The zero-order chi connectivity index (χ0) is 20.2. The van der Waals surface area contributed by atoms with Crippen molar-refractivity contribution in [3.63, 3.8) is 0 Å². The standard InChI is InChI=1S/C24H31N3O2/c1-18-6-8-20(9-7-18)23-19(2)16-21(17-22(28)26-10-4-3-5-11-26)25-24(23)27-12-14-29-15-13-27/h6-9,16H,3-5,10-15,17H2,1-2H3. The van der Waals surface area contributed by atoms with Gasteiger partial charge in [-0.15, -0.1) is 0 Å². The molecule has 4 rings (SSSR count). The number of anilines is 1. The Hall–Kier alpha value is -2.40. The molecule has 3 heterocycles. The van der Waals surface area contributed by atoms with Crippen LogP contribution in [0.2, 0.25) is 0 Å². The molecule has 0 atom stereocenters. The number of carbonyl (C=O) groups is 1. The number of hydrogen-bond acceptors (Lipinski definition) is 4. The van der Waals surface area contributed by atoms with E-state index in [1.165, 1.54) is 28.7 Å². The summed E-state index contributed by atoms with van der Waals surface area (Å²) in [5.41, 5.74) is 5.63. The second-order valence-corrected chi connectivity index (χ2v) is 8.21. The lowest BCUT2D eigenvalue weighted by atomic mass is 9.98. The number of aryl methyl sites for hydroxylation is 2. The Morgan fingerprint density at radius 3 is 2.38 bits per heavy atom. The van der Waals surface area contributed by atoms with Gasteiger partial charge in [-0.1, -0.05) is 29.8 Å². The molecule has 0 radical (unpaired) electrons. The minimum atomic E-state index is 0.201. The molecule has 2 fully saturated rings. The van der Waals surface area contributed by atoms with Crippen LogP contribution in [0.5, 0.6) is 0 Å². The normalized spacial score (nSPS) is 17.4. The zero-order valence-electron chi connectivity index (χ0n) is 17.6. The number of aromatic nitrogens is 1. The molecular weight excluding hydrogens is 362 g/mol. The van der Waals surface area contributed by atoms with E-state index in [-0.39, 0.29) is 5.91 Å². The summed E-state index contributed by atoms with van der Waals surface area (Å²) in [4.78, 5) is 22.1. The lowest BCUT2D eigenvalue weighted by Crippen LogP contribution is -2.38. The zero-order valence-corrected chi connectivity index (χ0v) is 17.6. The summed E-state index contributed by atoms with van der Waals surface area (Å²) in [6, 6.07) is 10.7. The minimum Gasteiger partial charge on any atom is -0.378 e. The first kappa shape index (κ1) is 19.9. The van der Waals surface area contributed by atoms with Gasteiger partial charge in [0.05, 0.1) is 25.3 Å². The number of rotatable bonds is 4. The van der Waals surface area contributed by atoms with Crippen molar-refractivity contribution in [2.75, 3.05) is 44.3 Å². The molecule has 2 aromatic rings. The summed E-state index contributed by atoms with van der Waals surface area (Å²) in [6.07, 6.45) is 3.84. The highest BCUT2D eigenvalue weighted by Crippen LogP contribution is 2.34. The van der Waals surface area contributed by atoms with Crippen LogP contribution in [0, 0.1) is 13.8 Å². The van der Waals surface area contributed by atoms with Crippen LogP contribution in [0.3, 0.4) is 0 Å². The van der Waals surface area contributed by atoms with Gasteiger partial charge in [-0.05, 0) is 50.3 Å². The second-order valence-electron chi connectivity index (χ2n) is 8.21. The highest BCUT2D eigenvalue weighted by Gasteiger charge is 2.22. The van der Waals surface area contributed by atoms with E-state index in [4.69, 9.17) is 9.72 Å². The molecule has 5 heteroatoms. The first-order chi connectivity index (χ1) is 14.1. The minimum absolute atomic E-state index is 0.201. The maximum Gasteiger partial charge on any atom is 0.228 e. The fraction of sp³-hybridized carbons (Fsp3) is 0.500. The highest BCUT2D eigenvalue weighted by molar-refractivity contribution is 5.82. The predicted molar refractivity (Wildman–Crippen MR) is 116 cm³/mol. The predicted octanol–water partition coefficient (Wildman–Crippen LogP) is 3.76. The number of ether oxygens (including phenoxy) is 1. The van der Waals surface area contributed by atoms with E-state index in [0.29, 0.717) is 19.6 Å². The molecule has 0 spiro atoms. The second kappa shape index (κ2) is 8.95. The molecule has 29 heavy (non-hydrogen) atoms. The van der Waals surface area contributed by atoms with Gasteiger partial charge in [-0.25, -0.2) is 4.98 Å². The van der Waals surface area contributed by atoms with Gasteiger partial charge < -0.3 is 14.5 Å². The summed E-state index contributed by atoms with van der Waals surface area (Å²) in [6.45, 7) is 9.09. The average molecular weight is 394 g/mol. The molecule has 0 bridgehead atoms. The number of carbonyl (C=O) groups excluding carboxylic acids is 1. The fourth-order valence-electron chi connectivity index (χ4n) is 4.30. The molecule has 0 N–H and O–H groups in total. The van der Waals surface area contributed by atoms with Gasteiger partial charge in [-0.3, -0.25) is 4.79 Å². The maximum atomic E-state index is 12.8. The van der Waals surface area contributed by atoms with Crippen molar-refractivity contribution < 1.29 is 9.53 Å². The Labute approximate surface area is 173 Å². The Morgan fingerprint density at radius 1 is 1.00 bits per heavy atom. The van der Waals surface area contributed by atoms with Crippen molar-refractivity contribution in [3.05, 3.63) is 47.2 Å². The van der Waals surface area contributed by atoms with Crippen LogP contribution in [0.4, 0.5) is 5.82 Å². The van der Waals surface area contributed by atoms with Gasteiger partial charge in [0, 0.05) is 31.7 Å². The molecule has 0 saturated carbocycles. The van der Waals surface area contributed by atoms with Gasteiger partial charge in [-0.2, -0.15) is 0 Å². The molecule has 1 amide bonds. The van der Waals surface area contributed by atoms with Gasteiger partial charge in [0.25, 0.3) is 0 Å². The van der Waals surface area contributed by atoms with Crippen molar-refractivity contribution in [1.29, 1.82) is 0 Å². The van der Waals surface area contributed by atoms with Gasteiger partial charge >= 0.3 is 0 Å². The van der Waals surface area contributed by atoms with Crippen LogP contribution < -0.4 is 4.90 Å². The first-order valence-corrected chi connectivity index (χ1v) is 10.8. The fourth-order valence-corrected chi connectivity index (χ4v) is 4.30. The number of likely N-dealkylation sites (tertiary alicyclic amines) is 1. The third-order valence-electron chi connectivity index (χ3n) is 5.94. The van der Waals surface area contributed by atoms with E-state index in [9.17, 15) is 4.79 Å². The van der Waals surface area contributed by atoms with Crippen molar-refractivity contribution >= 4 is 11.7 Å². The smallest absolute Gasteiger partial charge is 0.228 e. The van der Waals surface area contributed by atoms with Crippen molar-refractivity contribution in [1.82, 2.24) is 9.88 Å². The number of nitrogens with zero attached hydrogens (tertiary/aromatic N) is 3. The van der Waals surface area contributed by atoms with Gasteiger partial charge in [0.1, 0.15) is 5.82 Å². The summed E-state index contributed by atoms with van der Waals surface area (Å²) in [5.74, 6) is 1.19. The van der Waals surface area contributed by atoms with Crippen molar-refractivity contribution in [2.24, 2.45) is 0 Å². The van der Waals surface area contributed by atoms with Crippen LogP contribution in [0.25, 0.3) is 11.1 Å². The highest BCUT2D eigenvalue weighted by atomic mass is 16.5. The molecule has 0 unspecified atom stereocenters. The Bertz CT molecular complexity index is 851. The average Bonchev–Trinajstić information content (AvgIpc) is 2.75. The van der Waals surface area contributed by atoms with E-state index < -0.39 is 0 Å². The molecule has 2 aliphatic heterocycles. The Morgan fingerprint density at radius 2 is 1.69 bits per heavy atom. The number of piperidine rings is 1. The summed E-state index contributed by atoms with van der Waals surface area (Å²) < 4.78 is 5.56. The third kappa shape index (κ3) is 4.61. The van der Waals surface area contributed by atoms with E-state index in [1.54, 1.807) is 0 Å². The molecular formula is C24H31N3O2. The van der Waals surface area contributed by atoms with Crippen molar-refractivity contribution in [3.8, 4) is 11.1 Å². The Balaban J connectivity index is 1.67. The quantitative estimate of drug-likeness (QED) is 0.794. The monoisotopic (exact) mass is 393 g/mol. The number of amides is 1. The lowest BCUT2D eigenvalue weighted by molar-refractivity contribution is -0.131.